The summed E-state index contributed by atoms with van der Waals surface area (Å²) in [5, 5.41) is 32.6. The maximum atomic E-state index is 12.4. The molecular formula is C20H26N3O6. The van der Waals surface area contributed by atoms with E-state index >= 15 is 0 Å². The maximum Gasteiger partial charge on any atom is 0.330 e. The highest BCUT2D eigenvalue weighted by Crippen LogP contribution is 2.35. The van der Waals surface area contributed by atoms with Gasteiger partial charge >= 0.3 is 5.69 Å². The first-order valence-corrected chi connectivity index (χ1v) is 9.46. The van der Waals surface area contributed by atoms with Gasteiger partial charge in [-0.3, -0.25) is 14.3 Å². The van der Waals surface area contributed by atoms with Gasteiger partial charge in [-0.05, 0) is 27.7 Å². The highest BCUT2D eigenvalue weighted by Gasteiger charge is 2.41. The first-order valence-electron chi connectivity index (χ1n) is 9.46. The summed E-state index contributed by atoms with van der Waals surface area (Å²) in [5.41, 5.74) is -1.88. The summed E-state index contributed by atoms with van der Waals surface area (Å²) in [6, 6.07) is 0. The molecule has 0 bridgehead atoms. The maximum absolute atomic E-state index is 12.4. The molecule has 1 radical (unpaired) electrons. The summed E-state index contributed by atoms with van der Waals surface area (Å²) in [7, 11) is 0. The standard InChI is InChI=1S/C20H26N3O6/c1-19(2)8-12(9-20(3,4)23(19)28)5-6-13-10-22(18(27)21-17(13)26)16-7-14(25)15(11-24)29-16/h8,10,14-16,24-25H,7,9,11H2,1-4H3,(H,21,26,27)/t14-,15+,16+/m0/s1. The quantitative estimate of drug-likeness (QED) is 0.598. The minimum Gasteiger partial charge on any atom is -0.394 e. The molecule has 157 valence electrons. The van der Waals surface area contributed by atoms with Crippen molar-refractivity contribution in [1.82, 2.24) is 14.6 Å². The smallest absolute Gasteiger partial charge is 0.330 e. The van der Waals surface area contributed by atoms with Crippen molar-refractivity contribution in [2.24, 2.45) is 0 Å². The van der Waals surface area contributed by atoms with Crippen molar-refractivity contribution >= 4 is 0 Å². The second-order valence-electron chi connectivity index (χ2n) is 8.68. The fourth-order valence-electron chi connectivity index (χ4n) is 3.92. The molecule has 1 aromatic rings. The minimum absolute atomic E-state index is 0.0659. The summed E-state index contributed by atoms with van der Waals surface area (Å²) in [6.45, 7) is 6.90. The molecule has 2 aliphatic rings. The summed E-state index contributed by atoms with van der Waals surface area (Å²) >= 11 is 0. The third-order valence-corrected chi connectivity index (χ3v) is 5.24. The van der Waals surface area contributed by atoms with Crippen LogP contribution in [0.3, 0.4) is 0 Å². The molecule has 3 N–H and O–H groups in total. The van der Waals surface area contributed by atoms with E-state index in [0.29, 0.717) is 6.42 Å². The average Bonchev–Trinajstić information content (AvgIpc) is 2.99. The summed E-state index contributed by atoms with van der Waals surface area (Å²) in [4.78, 5) is 26.6. The first kappa shape index (κ1) is 21.5. The van der Waals surface area contributed by atoms with Crippen LogP contribution in [0.2, 0.25) is 0 Å². The van der Waals surface area contributed by atoms with Crippen molar-refractivity contribution in [2.75, 3.05) is 6.61 Å². The number of aliphatic hydroxyl groups is 2. The third-order valence-electron chi connectivity index (χ3n) is 5.24. The van der Waals surface area contributed by atoms with Crippen LogP contribution in [0.15, 0.2) is 27.4 Å². The van der Waals surface area contributed by atoms with Gasteiger partial charge in [0.25, 0.3) is 5.56 Å². The zero-order valence-corrected chi connectivity index (χ0v) is 16.9. The SMILES string of the molecule is CC1(C)C=C(C#Cc2cn([C@H]3C[C@H](O)[C@@H](CO)O3)c(=O)[nH]c2=O)CC(C)(C)N1[O]. The number of aliphatic hydroxyl groups excluding tert-OH is 2. The Kier molecular flexibility index (Phi) is 5.60. The number of nitrogens with zero attached hydrogens (tertiary/aromatic N) is 2. The van der Waals surface area contributed by atoms with Crippen LogP contribution in [0, 0.1) is 11.8 Å². The van der Waals surface area contributed by atoms with Gasteiger partial charge < -0.3 is 14.9 Å². The molecule has 0 amide bonds. The molecule has 1 fully saturated rings. The minimum atomic E-state index is -0.912. The fraction of sp³-hybridized carbons (Fsp3) is 0.600. The van der Waals surface area contributed by atoms with E-state index in [1.807, 2.05) is 13.8 Å². The lowest BCUT2D eigenvalue weighted by Crippen LogP contribution is -2.54. The molecule has 29 heavy (non-hydrogen) atoms. The van der Waals surface area contributed by atoms with E-state index in [1.165, 1.54) is 6.20 Å². The zero-order valence-electron chi connectivity index (χ0n) is 16.9. The molecule has 1 aromatic heterocycles. The van der Waals surface area contributed by atoms with E-state index in [0.717, 1.165) is 15.2 Å². The Morgan fingerprint density at radius 2 is 1.97 bits per heavy atom. The topological polar surface area (TPSA) is 128 Å². The summed E-state index contributed by atoms with van der Waals surface area (Å²) in [5.74, 6) is 5.75. The Morgan fingerprint density at radius 3 is 2.55 bits per heavy atom. The zero-order chi connectivity index (χ0) is 21.6. The van der Waals surface area contributed by atoms with Gasteiger partial charge in [-0.1, -0.05) is 17.9 Å². The fourth-order valence-corrected chi connectivity index (χ4v) is 3.92. The van der Waals surface area contributed by atoms with E-state index in [2.05, 4.69) is 16.8 Å². The average molecular weight is 404 g/mol. The molecule has 9 nitrogen and oxygen atoms in total. The molecule has 9 heteroatoms. The number of hydrogen-bond donors (Lipinski definition) is 3. The molecule has 3 heterocycles. The Morgan fingerprint density at radius 1 is 1.28 bits per heavy atom. The van der Waals surface area contributed by atoms with Crippen molar-refractivity contribution in [3.63, 3.8) is 0 Å². The van der Waals surface area contributed by atoms with Crippen molar-refractivity contribution in [2.45, 2.75) is 70.1 Å². The van der Waals surface area contributed by atoms with Gasteiger partial charge in [0, 0.05) is 30.2 Å². The van der Waals surface area contributed by atoms with Gasteiger partial charge in [0.1, 0.15) is 17.9 Å². The Bertz CT molecular complexity index is 994. The van der Waals surface area contributed by atoms with Crippen LogP contribution in [0.25, 0.3) is 0 Å². The number of aromatic amines is 1. The van der Waals surface area contributed by atoms with E-state index in [1.54, 1.807) is 19.9 Å². The van der Waals surface area contributed by atoms with E-state index < -0.39 is 40.8 Å². The van der Waals surface area contributed by atoms with E-state index in [4.69, 9.17) is 4.74 Å². The Hall–Kier alpha value is -2.22. The molecule has 3 atom stereocenters. The molecule has 1 saturated heterocycles. The number of nitrogens with one attached hydrogen (secondary N) is 1. The number of aromatic nitrogens is 2. The number of hydrogen-bond acceptors (Lipinski definition) is 6. The van der Waals surface area contributed by atoms with Crippen molar-refractivity contribution < 1.29 is 20.2 Å². The third kappa shape index (κ3) is 4.22. The second-order valence-corrected chi connectivity index (χ2v) is 8.68. The second kappa shape index (κ2) is 7.55. The largest absolute Gasteiger partial charge is 0.394 e. The number of rotatable bonds is 2. The van der Waals surface area contributed by atoms with Crippen LogP contribution in [0.4, 0.5) is 0 Å². The van der Waals surface area contributed by atoms with E-state index in [-0.39, 0.29) is 18.6 Å². The van der Waals surface area contributed by atoms with Crippen molar-refractivity contribution in [3.05, 3.63) is 44.2 Å². The Balaban J connectivity index is 1.94. The lowest BCUT2D eigenvalue weighted by molar-refractivity contribution is -0.262. The van der Waals surface area contributed by atoms with E-state index in [9.17, 15) is 25.0 Å². The predicted molar refractivity (Wildman–Crippen MR) is 103 cm³/mol. The van der Waals surface area contributed by atoms with Crippen LogP contribution in [-0.2, 0) is 9.94 Å². The molecule has 0 spiro atoms. The van der Waals surface area contributed by atoms with Crippen molar-refractivity contribution in [3.8, 4) is 11.8 Å². The van der Waals surface area contributed by atoms with Crippen LogP contribution in [0.5, 0.6) is 0 Å². The first-order chi connectivity index (χ1) is 13.4. The van der Waals surface area contributed by atoms with Crippen LogP contribution in [0.1, 0.15) is 52.3 Å². The van der Waals surface area contributed by atoms with Crippen LogP contribution >= 0.6 is 0 Å². The highest BCUT2D eigenvalue weighted by atomic mass is 16.5. The van der Waals surface area contributed by atoms with Crippen molar-refractivity contribution in [1.29, 1.82) is 0 Å². The van der Waals surface area contributed by atoms with Gasteiger partial charge in [-0.2, -0.15) is 0 Å². The van der Waals surface area contributed by atoms with Crippen LogP contribution in [-0.4, -0.2) is 54.7 Å². The molecule has 0 saturated carbocycles. The molecule has 0 aliphatic carbocycles. The number of H-pyrrole nitrogens is 1. The Labute approximate surface area is 168 Å². The summed E-state index contributed by atoms with van der Waals surface area (Å²) in [6.07, 6.45) is 1.10. The molecule has 0 unspecified atom stereocenters. The predicted octanol–water partition coefficient (Wildman–Crippen LogP) is 0.0636. The molecule has 2 aliphatic heterocycles. The molecule has 3 rings (SSSR count). The molecular weight excluding hydrogens is 378 g/mol. The molecule has 0 aromatic carbocycles. The lowest BCUT2D eigenvalue weighted by Gasteiger charge is -2.44. The summed E-state index contributed by atoms with van der Waals surface area (Å²) < 4.78 is 6.65. The highest BCUT2D eigenvalue weighted by molar-refractivity contribution is 5.41. The number of hydroxylamine groups is 2. The number of ether oxygens (including phenoxy) is 1. The monoisotopic (exact) mass is 404 g/mol. The van der Waals surface area contributed by atoms with Gasteiger partial charge in [0.2, 0.25) is 0 Å². The normalized spacial score (nSPS) is 28.5. The van der Waals surface area contributed by atoms with Gasteiger partial charge in [0.15, 0.2) is 0 Å². The van der Waals surface area contributed by atoms with Gasteiger partial charge in [-0.25, -0.2) is 4.79 Å². The van der Waals surface area contributed by atoms with Crippen LogP contribution < -0.4 is 11.2 Å². The van der Waals surface area contributed by atoms with Gasteiger partial charge in [-0.15, -0.1) is 10.3 Å². The lowest BCUT2D eigenvalue weighted by atomic mass is 9.83. The van der Waals surface area contributed by atoms with Gasteiger partial charge in [0.05, 0.1) is 18.2 Å².